The maximum atomic E-state index is 11.9. The highest BCUT2D eigenvalue weighted by Gasteiger charge is 2.20. The topological polar surface area (TPSA) is 105 Å². The van der Waals surface area contributed by atoms with Crippen LogP contribution in [-0.4, -0.2) is 48.7 Å². The van der Waals surface area contributed by atoms with Crippen molar-refractivity contribution in [3.05, 3.63) is 0 Å². The minimum absolute atomic E-state index is 0.0567. The van der Waals surface area contributed by atoms with Crippen LogP contribution in [0.2, 0.25) is 0 Å². The van der Waals surface area contributed by atoms with Gasteiger partial charge >= 0.3 is 5.97 Å². The van der Waals surface area contributed by atoms with E-state index in [-0.39, 0.29) is 24.7 Å². The number of carbonyl (C=O) groups is 3. The Kier molecular flexibility index (Phi) is 16.7. The molecule has 0 radical (unpaired) electrons. The van der Waals surface area contributed by atoms with Crippen molar-refractivity contribution in [3.63, 3.8) is 0 Å². The molecule has 0 aromatic rings. The van der Waals surface area contributed by atoms with Crippen LogP contribution in [0.15, 0.2) is 0 Å². The first kappa shape index (κ1) is 25.4. The summed E-state index contributed by atoms with van der Waals surface area (Å²) in [6, 6.07) is -1.02. The second-order valence-electron chi connectivity index (χ2n) is 6.77. The molecule has 7 heteroatoms. The summed E-state index contributed by atoms with van der Waals surface area (Å²) in [6.07, 6.45) is 9.56. The summed E-state index contributed by atoms with van der Waals surface area (Å²) in [7, 11) is 0. The number of hydrogen-bond acceptors (Lipinski definition) is 4. The lowest BCUT2D eigenvalue weighted by Crippen LogP contribution is -2.41. The van der Waals surface area contributed by atoms with Gasteiger partial charge in [-0.05, 0) is 19.8 Å². The van der Waals surface area contributed by atoms with E-state index in [1.807, 2.05) is 6.92 Å². The minimum atomic E-state index is -1.11. The largest absolute Gasteiger partial charge is 0.480 e. The van der Waals surface area contributed by atoms with Crippen LogP contribution >= 0.6 is 0 Å². The third-order valence-corrected chi connectivity index (χ3v) is 4.32. The number of nitrogens with one attached hydrogen (secondary N) is 2. The number of ether oxygens (including phenoxy) is 1. The summed E-state index contributed by atoms with van der Waals surface area (Å²) >= 11 is 0. The van der Waals surface area contributed by atoms with E-state index >= 15 is 0 Å². The monoisotopic (exact) mass is 386 g/mol. The van der Waals surface area contributed by atoms with E-state index in [1.165, 1.54) is 32.1 Å². The average Bonchev–Trinajstić information content (AvgIpc) is 2.64. The van der Waals surface area contributed by atoms with Crippen LogP contribution in [0.1, 0.15) is 84.5 Å². The van der Waals surface area contributed by atoms with Crippen molar-refractivity contribution >= 4 is 17.8 Å². The Labute approximate surface area is 163 Å². The van der Waals surface area contributed by atoms with Crippen molar-refractivity contribution in [3.8, 4) is 0 Å². The Bertz CT molecular complexity index is 415. The maximum absolute atomic E-state index is 11.9. The maximum Gasteiger partial charge on any atom is 0.326 e. The number of carboxylic acids is 1. The quantitative estimate of drug-likeness (QED) is 0.314. The summed E-state index contributed by atoms with van der Waals surface area (Å²) in [5.74, 6) is -1.61. The van der Waals surface area contributed by atoms with Gasteiger partial charge in [0.15, 0.2) is 0 Å². The van der Waals surface area contributed by atoms with Gasteiger partial charge in [0.25, 0.3) is 0 Å². The van der Waals surface area contributed by atoms with Gasteiger partial charge < -0.3 is 20.5 Å². The summed E-state index contributed by atoms with van der Waals surface area (Å²) < 4.78 is 5.11. The van der Waals surface area contributed by atoms with Gasteiger partial charge in [-0.25, -0.2) is 4.79 Å². The Hall–Kier alpha value is -1.63. The van der Waals surface area contributed by atoms with Gasteiger partial charge in [-0.1, -0.05) is 51.9 Å². The molecule has 0 aromatic heterocycles. The molecule has 0 unspecified atom stereocenters. The molecule has 0 saturated carbocycles. The van der Waals surface area contributed by atoms with Gasteiger partial charge in [0.1, 0.15) is 6.04 Å². The second-order valence-corrected chi connectivity index (χ2v) is 6.77. The smallest absolute Gasteiger partial charge is 0.326 e. The number of carbonyl (C=O) groups excluding carboxylic acids is 2. The molecule has 0 fully saturated rings. The molecule has 158 valence electrons. The molecule has 3 N–H and O–H groups in total. The van der Waals surface area contributed by atoms with Gasteiger partial charge in [0.05, 0.1) is 6.61 Å². The first-order chi connectivity index (χ1) is 13.0. The SMILES string of the molecule is CCCCCCCCCCC(=O)N[C@@H](CCC(=O)NCCOCC)C(=O)O. The second kappa shape index (κ2) is 17.8. The van der Waals surface area contributed by atoms with Crippen molar-refractivity contribution in [2.24, 2.45) is 0 Å². The van der Waals surface area contributed by atoms with E-state index in [9.17, 15) is 19.5 Å². The van der Waals surface area contributed by atoms with Crippen LogP contribution in [0.5, 0.6) is 0 Å². The molecule has 0 spiro atoms. The van der Waals surface area contributed by atoms with Crippen LogP contribution in [0.3, 0.4) is 0 Å². The zero-order chi connectivity index (χ0) is 20.3. The first-order valence-electron chi connectivity index (χ1n) is 10.4. The lowest BCUT2D eigenvalue weighted by Gasteiger charge is -2.14. The van der Waals surface area contributed by atoms with Gasteiger partial charge in [-0.3, -0.25) is 9.59 Å². The van der Waals surface area contributed by atoms with E-state index in [0.717, 1.165) is 19.3 Å². The third kappa shape index (κ3) is 16.3. The number of hydrogen-bond donors (Lipinski definition) is 3. The van der Waals surface area contributed by atoms with Crippen LogP contribution < -0.4 is 10.6 Å². The summed E-state index contributed by atoms with van der Waals surface area (Å²) in [5, 5.41) is 14.4. The lowest BCUT2D eigenvalue weighted by atomic mass is 10.1. The number of rotatable bonds is 18. The molecule has 0 aliphatic carbocycles. The highest BCUT2D eigenvalue weighted by molar-refractivity contribution is 5.84. The predicted octanol–water partition coefficient (Wildman–Crippen LogP) is 3.02. The number of amides is 2. The zero-order valence-corrected chi connectivity index (χ0v) is 17.1. The van der Waals surface area contributed by atoms with Crippen LogP contribution in [-0.2, 0) is 19.1 Å². The fourth-order valence-electron chi connectivity index (χ4n) is 2.71. The van der Waals surface area contributed by atoms with Gasteiger partial charge in [0, 0.05) is 26.0 Å². The molecular formula is C20H38N2O5. The standard InChI is InChI=1S/C20H38N2O5/c1-3-5-6-7-8-9-10-11-12-19(24)22-17(20(25)26)13-14-18(23)21-15-16-27-4-2/h17H,3-16H2,1-2H3,(H,21,23)(H,22,24)(H,25,26)/t17-/m0/s1. The van der Waals surface area contributed by atoms with Crippen molar-refractivity contribution < 1.29 is 24.2 Å². The van der Waals surface area contributed by atoms with E-state index in [0.29, 0.717) is 26.2 Å². The molecule has 0 heterocycles. The van der Waals surface area contributed by atoms with E-state index in [4.69, 9.17) is 4.74 Å². The minimum Gasteiger partial charge on any atom is -0.480 e. The summed E-state index contributed by atoms with van der Waals surface area (Å²) in [5.41, 5.74) is 0. The normalized spacial score (nSPS) is 11.8. The molecule has 0 rings (SSSR count). The molecule has 27 heavy (non-hydrogen) atoms. The van der Waals surface area contributed by atoms with Crippen LogP contribution in [0.4, 0.5) is 0 Å². The fraction of sp³-hybridized carbons (Fsp3) is 0.850. The Balaban J connectivity index is 3.87. The molecule has 2 amide bonds. The molecule has 0 aromatic carbocycles. The summed E-state index contributed by atoms with van der Waals surface area (Å²) in [6.45, 7) is 5.48. The zero-order valence-electron chi connectivity index (χ0n) is 17.1. The van der Waals surface area contributed by atoms with Crippen molar-refractivity contribution in [2.45, 2.75) is 90.5 Å². The van der Waals surface area contributed by atoms with Crippen LogP contribution in [0.25, 0.3) is 0 Å². The number of carboxylic acid groups (broad SMARTS) is 1. The Morgan fingerprint density at radius 3 is 2.11 bits per heavy atom. The van der Waals surface area contributed by atoms with E-state index in [2.05, 4.69) is 17.6 Å². The van der Waals surface area contributed by atoms with Gasteiger partial charge in [-0.2, -0.15) is 0 Å². The van der Waals surface area contributed by atoms with Crippen molar-refractivity contribution in [1.82, 2.24) is 10.6 Å². The molecular weight excluding hydrogens is 348 g/mol. The molecule has 0 saturated heterocycles. The summed E-state index contributed by atoms with van der Waals surface area (Å²) in [4.78, 5) is 34.9. The lowest BCUT2D eigenvalue weighted by molar-refractivity contribution is -0.142. The van der Waals surface area contributed by atoms with Gasteiger partial charge in [-0.15, -0.1) is 0 Å². The highest BCUT2D eigenvalue weighted by atomic mass is 16.5. The van der Waals surface area contributed by atoms with E-state index in [1.54, 1.807) is 0 Å². The predicted molar refractivity (Wildman–Crippen MR) is 106 cm³/mol. The molecule has 0 aliphatic rings. The van der Waals surface area contributed by atoms with E-state index < -0.39 is 12.0 Å². The third-order valence-electron chi connectivity index (χ3n) is 4.32. The molecule has 1 atom stereocenters. The van der Waals surface area contributed by atoms with Gasteiger partial charge in [0.2, 0.25) is 11.8 Å². The first-order valence-corrected chi connectivity index (χ1v) is 10.4. The fourth-order valence-corrected chi connectivity index (χ4v) is 2.71. The molecule has 7 nitrogen and oxygen atoms in total. The van der Waals surface area contributed by atoms with Crippen LogP contribution in [0, 0.1) is 0 Å². The molecule has 0 bridgehead atoms. The number of unbranched alkanes of at least 4 members (excludes halogenated alkanes) is 7. The average molecular weight is 387 g/mol. The van der Waals surface area contributed by atoms with Crippen molar-refractivity contribution in [2.75, 3.05) is 19.8 Å². The van der Waals surface area contributed by atoms with Crippen molar-refractivity contribution in [1.29, 1.82) is 0 Å². The Morgan fingerprint density at radius 2 is 1.52 bits per heavy atom. The molecule has 0 aliphatic heterocycles. The number of aliphatic carboxylic acids is 1. The Morgan fingerprint density at radius 1 is 0.889 bits per heavy atom. The highest BCUT2D eigenvalue weighted by Crippen LogP contribution is 2.09.